The third kappa shape index (κ3) is 3.48. The van der Waals surface area contributed by atoms with Gasteiger partial charge in [0.25, 0.3) is 17.5 Å². The maximum Gasteiger partial charge on any atom is 0.289 e. The van der Waals surface area contributed by atoms with Crippen molar-refractivity contribution in [2.24, 2.45) is 0 Å². The Hall–Kier alpha value is -2.87. The average molecular weight is 364 g/mol. The van der Waals surface area contributed by atoms with E-state index >= 15 is 0 Å². The van der Waals surface area contributed by atoms with Crippen LogP contribution < -0.4 is 0 Å². The van der Waals surface area contributed by atoms with Crippen LogP contribution in [0, 0.1) is 10.1 Å². The highest BCUT2D eigenvalue weighted by Crippen LogP contribution is 2.25. The van der Waals surface area contributed by atoms with E-state index in [1.165, 1.54) is 23.3 Å². The largest absolute Gasteiger partial charge is 0.459 e. The number of carbonyl (C=O) groups is 2. The van der Waals surface area contributed by atoms with Crippen LogP contribution in [0.25, 0.3) is 0 Å². The smallest absolute Gasteiger partial charge is 0.289 e. The minimum Gasteiger partial charge on any atom is -0.459 e. The van der Waals surface area contributed by atoms with Crippen LogP contribution in [0.2, 0.25) is 5.02 Å². The predicted octanol–water partition coefficient (Wildman–Crippen LogP) is 2.44. The van der Waals surface area contributed by atoms with E-state index < -0.39 is 10.8 Å². The average Bonchev–Trinajstić information content (AvgIpc) is 3.15. The van der Waals surface area contributed by atoms with Crippen LogP contribution in [0.5, 0.6) is 0 Å². The monoisotopic (exact) mass is 363 g/mol. The van der Waals surface area contributed by atoms with Gasteiger partial charge in [-0.3, -0.25) is 19.7 Å². The highest BCUT2D eigenvalue weighted by molar-refractivity contribution is 6.31. The number of hydrogen-bond donors (Lipinski definition) is 0. The summed E-state index contributed by atoms with van der Waals surface area (Å²) in [6, 6.07) is 7.16. The Morgan fingerprint density at radius 2 is 1.72 bits per heavy atom. The number of piperazine rings is 1. The van der Waals surface area contributed by atoms with Crippen molar-refractivity contribution in [2.75, 3.05) is 26.2 Å². The maximum absolute atomic E-state index is 12.6. The Bertz CT molecular complexity index is 813. The van der Waals surface area contributed by atoms with E-state index in [1.807, 2.05) is 0 Å². The second kappa shape index (κ2) is 6.94. The van der Waals surface area contributed by atoms with Crippen molar-refractivity contribution in [1.29, 1.82) is 0 Å². The molecule has 1 aromatic carbocycles. The molecule has 25 heavy (non-hydrogen) atoms. The molecular formula is C16H14ClN3O5. The van der Waals surface area contributed by atoms with Gasteiger partial charge < -0.3 is 14.2 Å². The molecule has 1 saturated heterocycles. The van der Waals surface area contributed by atoms with Gasteiger partial charge in [-0.05, 0) is 24.3 Å². The lowest BCUT2D eigenvalue weighted by atomic mass is 10.1. The predicted molar refractivity (Wildman–Crippen MR) is 88.6 cm³/mol. The summed E-state index contributed by atoms with van der Waals surface area (Å²) in [4.78, 5) is 38.4. The van der Waals surface area contributed by atoms with Crippen LogP contribution in [0.15, 0.2) is 41.0 Å². The number of furan rings is 1. The standard InChI is InChI=1S/C16H14ClN3O5/c17-11-3-4-12(13(10-11)20(23)24)15(21)18-5-7-19(8-6-18)16(22)14-2-1-9-25-14/h1-4,9-10H,5-8H2. The molecule has 9 heteroatoms. The number of nitro benzene ring substituents is 1. The van der Waals surface area contributed by atoms with Gasteiger partial charge in [0.15, 0.2) is 5.76 Å². The second-order valence-corrected chi connectivity index (χ2v) is 5.92. The number of rotatable bonds is 3. The summed E-state index contributed by atoms with van der Waals surface area (Å²) in [5.41, 5.74) is -0.341. The molecule has 0 unspecified atom stereocenters. The molecule has 0 atom stereocenters. The zero-order valence-corrected chi connectivity index (χ0v) is 13.8. The highest BCUT2D eigenvalue weighted by Gasteiger charge is 2.29. The van der Waals surface area contributed by atoms with Gasteiger partial charge in [-0.15, -0.1) is 0 Å². The van der Waals surface area contributed by atoms with Crippen molar-refractivity contribution in [3.8, 4) is 0 Å². The van der Waals surface area contributed by atoms with Crippen LogP contribution in [0.1, 0.15) is 20.9 Å². The fourth-order valence-corrected chi connectivity index (χ4v) is 2.84. The molecule has 3 rings (SSSR count). The zero-order valence-electron chi connectivity index (χ0n) is 13.1. The number of nitrogens with zero attached hydrogens (tertiary/aromatic N) is 3. The summed E-state index contributed by atoms with van der Waals surface area (Å²) in [7, 11) is 0. The number of nitro groups is 1. The molecule has 0 spiro atoms. The van der Waals surface area contributed by atoms with Crippen molar-refractivity contribution in [1.82, 2.24) is 9.80 Å². The van der Waals surface area contributed by atoms with E-state index in [2.05, 4.69) is 0 Å². The summed E-state index contributed by atoms with van der Waals surface area (Å²) >= 11 is 5.77. The SMILES string of the molecule is O=C(c1ccco1)N1CCN(C(=O)c2ccc(Cl)cc2[N+](=O)[O-])CC1. The lowest BCUT2D eigenvalue weighted by Crippen LogP contribution is -2.50. The first-order valence-corrected chi connectivity index (χ1v) is 7.91. The van der Waals surface area contributed by atoms with Gasteiger partial charge in [-0.2, -0.15) is 0 Å². The first-order valence-electron chi connectivity index (χ1n) is 7.53. The Kier molecular flexibility index (Phi) is 4.71. The Morgan fingerprint density at radius 3 is 2.28 bits per heavy atom. The summed E-state index contributed by atoms with van der Waals surface area (Å²) < 4.78 is 5.09. The van der Waals surface area contributed by atoms with Gasteiger partial charge >= 0.3 is 0 Å². The molecule has 2 heterocycles. The van der Waals surface area contributed by atoms with E-state index in [0.717, 1.165) is 6.07 Å². The lowest BCUT2D eigenvalue weighted by molar-refractivity contribution is -0.385. The van der Waals surface area contributed by atoms with Gasteiger partial charge in [0, 0.05) is 37.3 Å². The van der Waals surface area contributed by atoms with Crippen LogP contribution in [-0.2, 0) is 0 Å². The van der Waals surface area contributed by atoms with Gasteiger partial charge in [0.05, 0.1) is 11.2 Å². The number of amides is 2. The molecule has 0 aliphatic carbocycles. The third-order valence-electron chi connectivity index (χ3n) is 3.97. The lowest BCUT2D eigenvalue weighted by Gasteiger charge is -2.34. The molecule has 1 aliphatic heterocycles. The fraction of sp³-hybridized carbons (Fsp3) is 0.250. The van der Waals surface area contributed by atoms with E-state index in [-0.39, 0.29) is 41.0 Å². The van der Waals surface area contributed by atoms with Crippen molar-refractivity contribution >= 4 is 29.1 Å². The molecule has 130 valence electrons. The van der Waals surface area contributed by atoms with Gasteiger partial charge in [-0.1, -0.05) is 11.6 Å². The number of benzene rings is 1. The van der Waals surface area contributed by atoms with E-state index in [0.29, 0.717) is 13.1 Å². The van der Waals surface area contributed by atoms with Crippen LogP contribution in [-0.4, -0.2) is 52.7 Å². The Labute approximate surface area is 147 Å². The Morgan fingerprint density at radius 1 is 1.08 bits per heavy atom. The van der Waals surface area contributed by atoms with Crippen molar-refractivity contribution in [3.63, 3.8) is 0 Å². The van der Waals surface area contributed by atoms with Gasteiger partial charge in [0.1, 0.15) is 5.56 Å². The number of hydrogen-bond acceptors (Lipinski definition) is 5. The minimum absolute atomic E-state index is 0.0137. The molecule has 0 bridgehead atoms. The molecule has 2 aromatic rings. The minimum atomic E-state index is -0.629. The Balaban J connectivity index is 1.70. The first kappa shape index (κ1) is 17.0. The highest BCUT2D eigenvalue weighted by atomic mass is 35.5. The normalized spacial score (nSPS) is 14.4. The molecule has 8 nitrogen and oxygen atoms in total. The van der Waals surface area contributed by atoms with Crippen molar-refractivity contribution in [3.05, 3.63) is 63.1 Å². The van der Waals surface area contributed by atoms with Crippen molar-refractivity contribution in [2.45, 2.75) is 0 Å². The van der Waals surface area contributed by atoms with Crippen LogP contribution >= 0.6 is 11.6 Å². The van der Waals surface area contributed by atoms with Crippen LogP contribution in [0.3, 0.4) is 0 Å². The summed E-state index contributed by atoms with van der Waals surface area (Å²) in [5, 5.41) is 11.3. The third-order valence-corrected chi connectivity index (χ3v) is 4.21. The number of halogens is 1. The topological polar surface area (TPSA) is 96.9 Å². The maximum atomic E-state index is 12.6. The molecule has 1 aromatic heterocycles. The second-order valence-electron chi connectivity index (χ2n) is 5.48. The summed E-state index contributed by atoms with van der Waals surface area (Å²) in [6.45, 7) is 1.22. The van der Waals surface area contributed by atoms with Gasteiger partial charge in [0.2, 0.25) is 0 Å². The molecule has 0 N–H and O–H groups in total. The van der Waals surface area contributed by atoms with Crippen LogP contribution in [0.4, 0.5) is 5.69 Å². The van der Waals surface area contributed by atoms with Crippen molar-refractivity contribution < 1.29 is 18.9 Å². The summed E-state index contributed by atoms with van der Waals surface area (Å²) in [5.74, 6) is -0.448. The summed E-state index contributed by atoms with van der Waals surface area (Å²) in [6.07, 6.45) is 1.42. The molecular weight excluding hydrogens is 350 g/mol. The zero-order chi connectivity index (χ0) is 18.0. The molecule has 1 aliphatic rings. The van der Waals surface area contributed by atoms with E-state index in [1.54, 1.807) is 17.0 Å². The molecule has 2 amide bonds. The molecule has 1 fully saturated rings. The quantitative estimate of drug-likeness (QED) is 0.616. The van der Waals surface area contributed by atoms with E-state index in [9.17, 15) is 19.7 Å². The molecule has 0 saturated carbocycles. The molecule has 0 radical (unpaired) electrons. The van der Waals surface area contributed by atoms with E-state index in [4.69, 9.17) is 16.0 Å². The first-order chi connectivity index (χ1) is 12.0. The number of carbonyl (C=O) groups excluding carboxylic acids is 2. The van der Waals surface area contributed by atoms with Gasteiger partial charge in [-0.25, -0.2) is 0 Å². The fourth-order valence-electron chi connectivity index (χ4n) is 2.68.